The molecule has 0 atom stereocenters. The molecule has 0 unspecified atom stereocenters. The number of rotatable bonds is 10. The van der Waals surface area contributed by atoms with Crippen LogP contribution in [0.25, 0.3) is 123 Å². The van der Waals surface area contributed by atoms with Gasteiger partial charge in [-0.05, 0) is 161 Å². The van der Waals surface area contributed by atoms with Crippen molar-refractivity contribution in [1.29, 1.82) is 0 Å². The van der Waals surface area contributed by atoms with E-state index in [0.717, 1.165) is 77.9 Å². The molecule has 0 aliphatic heterocycles. The zero-order valence-corrected chi connectivity index (χ0v) is 50.5. The lowest BCUT2D eigenvalue weighted by Gasteiger charge is -2.26. The van der Waals surface area contributed by atoms with Gasteiger partial charge in [0.15, 0.2) is 0 Å². The Morgan fingerprint density at radius 3 is 1.23 bits per heavy atom. The van der Waals surface area contributed by atoms with E-state index in [1.54, 1.807) is 0 Å². The summed E-state index contributed by atoms with van der Waals surface area (Å²) in [5, 5.41) is 9.90. The number of aromatic nitrogens is 1. The van der Waals surface area contributed by atoms with Gasteiger partial charge in [0.25, 0.3) is 0 Å². The lowest BCUT2D eigenvalue weighted by molar-refractivity contribution is 0.673. The van der Waals surface area contributed by atoms with Gasteiger partial charge in [-0.2, -0.15) is 0 Å². The number of hydrogen-bond donors (Lipinski definition) is 0. The topological polar surface area (TPSA) is 24.6 Å². The summed E-state index contributed by atoms with van der Waals surface area (Å²) in [4.78, 5) is 4.69. The van der Waals surface area contributed by atoms with E-state index < -0.39 is 0 Å². The van der Waals surface area contributed by atoms with E-state index in [9.17, 15) is 0 Å². The first-order valence-electron chi connectivity index (χ1n) is 30.5. The zero-order valence-electron chi connectivity index (χ0n) is 48.8. The highest BCUT2D eigenvalue weighted by Crippen LogP contribution is 2.47. The first kappa shape index (κ1) is 53.0. The van der Waals surface area contributed by atoms with Gasteiger partial charge in [-0.25, -0.2) is 0 Å². The lowest BCUT2D eigenvalue weighted by Crippen LogP contribution is -2.09. The van der Waals surface area contributed by atoms with E-state index in [2.05, 4.69) is 342 Å². The maximum atomic E-state index is 6.65. The first-order valence-corrected chi connectivity index (χ1v) is 32.1. The molecule has 0 saturated heterocycles. The second-order valence-electron chi connectivity index (χ2n) is 22.8. The summed E-state index contributed by atoms with van der Waals surface area (Å²) in [6.45, 7) is 0. The molecule has 0 aliphatic rings. The molecule has 0 aliphatic carbocycles. The van der Waals surface area contributed by atoms with E-state index in [1.807, 2.05) is 28.7 Å². The van der Waals surface area contributed by atoms with Crippen molar-refractivity contribution in [2.45, 2.75) is 0 Å². The molecule has 6 heteroatoms. The van der Waals surface area contributed by atoms with Gasteiger partial charge in [-0.3, -0.25) is 0 Å². The van der Waals surface area contributed by atoms with Crippen LogP contribution in [0.5, 0.6) is 0 Å². The maximum absolute atomic E-state index is 6.65. The van der Waals surface area contributed by atoms with E-state index in [0.29, 0.717) is 0 Å². The monoisotopic (exact) mass is 1190 g/mol. The normalized spacial score (nSPS) is 11.6. The molecule has 18 aromatic rings. The van der Waals surface area contributed by atoms with E-state index >= 15 is 0 Å². The van der Waals surface area contributed by atoms with Crippen LogP contribution in [0.1, 0.15) is 0 Å². The average molecular weight is 1190 g/mol. The Bertz CT molecular complexity index is 5620. The molecule has 90 heavy (non-hydrogen) atoms. The molecular formula is C84H55N3OS2. The minimum Gasteiger partial charge on any atom is -0.455 e. The van der Waals surface area contributed by atoms with Crippen molar-refractivity contribution in [3.05, 3.63) is 334 Å². The molecule has 0 N–H and O–H groups in total. The third kappa shape index (κ3) is 9.45. The largest absolute Gasteiger partial charge is 0.455 e. The average Bonchev–Trinajstić information content (AvgIpc) is 1.60. The fraction of sp³-hybridized carbons (Fsp3) is 0. The highest BCUT2D eigenvalue weighted by atomic mass is 32.1. The van der Waals surface area contributed by atoms with Gasteiger partial charge in [0.1, 0.15) is 11.2 Å². The number of furan rings is 1. The second-order valence-corrected chi connectivity index (χ2v) is 24.9. The third-order valence-corrected chi connectivity index (χ3v) is 19.7. The number of hydrogen-bond acceptors (Lipinski definition) is 5. The molecule has 0 saturated carbocycles. The number of benzene rings is 14. The Kier molecular flexibility index (Phi) is 13.2. The number of thiophene rings is 2. The maximum Gasteiger partial charge on any atom is 0.145 e. The van der Waals surface area contributed by atoms with Crippen molar-refractivity contribution in [2.24, 2.45) is 0 Å². The number of nitrogens with zero attached hydrogens (tertiary/aromatic N) is 3. The summed E-state index contributed by atoms with van der Waals surface area (Å²) in [5.74, 6) is 0. The van der Waals surface area contributed by atoms with E-state index in [1.165, 1.54) is 79.4 Å². The van der Waals surface area contributed by atoms with Crippen molar-refractivity contribution in [3.8, 4) is 39.1 Å². The van der Waals surface area contributed by atoms with Crippen LogP contribution < -0.4 is 9.80 Å². The standard InChI is InChI=1S/C48H32N2O.C36H23NS2/c1-4-12-33(13-5-1)34-20-22-35(23-21-34)36-24-26-39(27-25-36)49(37-14-6-2-7-15-37)40-28-30-44-43(32-40)47-45(50(44)38-16-8-3-9-17-38)31-29-42-41-18-10-11-19-46(41)51-48(42)47;1-3-9-24(10-4-1)25-15-17-27(18-16-25)37(26-11-5-2-6-12-26)28-19-20-30-32-22-31-29-13-7-8-14-33(29)38-35(31)23-36(32)39-34(30)21-28/h1-32H;1-23H. The molecule has 0 fully saturated rings. The molecule has 14 aromatic carbocycles. The smallest absolute Gasteiger partial charge is 0.145 e. The molecule has 0 bridgehead atoms. The molecule has 0 amide bonds. The molecule has 4 aromatic heterocycles. The Morgan fingerprint density at radius 2 is 0.644 bits per heavy atom. The van der Waals surface area contributed by atoms with Crippen LogP contribution in [-0.2, 0) is 0 Å². The Morgan fingerprint density at radius 1 is 0.244 bits per heavy atom. The van der Waals surface area contributed by atoms with Crippen LogP contribution in [-0.4, -0.2) is 4.57 Å². The summed E-state index contributed by atoms with van der Waals surface area (Å²) < 4.78 is 14.4. The van der Waals surface area contributed by atoms with Crippen LogP contribution >= 0.6 is 22.7 Å². The van der Waals surface area contributed by atoms with Gasteiger partial charge in [0.2, 0.25) is 0 Å². The van der Waals surface area contributed by atoms with Crippen LogP contribution in [0.2, 0.25) is 0 Å². The molecule has 0 radical (unpaired) electrons. The predicted molar refractivity (Wildman–Crippen MR) is 386 cm³/mol. The van der Waals surface area contributed by atoms with Gasteiger partial charge >= 0.3 is 0 Å². The lowest BCUT2D eigenvalue weighted by atomic mass is 10.00. The Hall–Kier alpha value is -11.3. The van der Waals surface area contributed by atoms with Gasteiger partial charge in [0.05, 0.1) is 16.4 Å². The van der Waals surface area contributed by atoms with Crippen molar-refractivity contribution in [1.82, 2.24) is 4.57 Å². The number of para-hydroxylation sites is 4. The summed E-state index contributed by atoms with van der Waals surface area (Å²) in [6.07, 6.45) is 0. The minimum absolute atomic E-state index is 0.900. The SMILES string of the molecule is c1ccc(-c2ccc(-c3ccc(N(c4ccccc4)c4ccc5c(c4)c4c6oc7ccccc7c6ccc4n5-c4ccccc4)cc3)cc2)cc1.c1ccc(-c2ccc(N(c3ccccc3)c3ccc4c(c3)sc3cc5sc6ccccc6c5cc34)cc2)cc1. The molecule has 4 heterocycles. The van der Waals surface area contributed by atoms with Crippen molar-refractivity contribution >= 4 is 141 Å². The fourth-order valence-electron chi connectivity index (χ4n) is 13.2. The predicted octanol–water partition coefficient (Wildman–Crippen LogP) is 25.0. The first-order chi connectivity index (χ1) is 44.6. The van der Waals surface area contributed by atoms with E-state index in [4.69, 9.17) is 4.42 Å². The highest BCUT2D eigenvalue weighted by molar-refractivity contribution is 7.28. The van der Waals surface area contributed by atoms with Crippen LogP contribution in [0.4, 0.5) is 34.1 Å². The van der Waals surface area contributed by atoms with Gasteiger partial charge in [-0.1, -0.05) is 206 Å². The fourth-order valence-corrected chi connectivity index (χ4v) is 15.5. The van der Waals surface area contributed by atoms with Crippen molar-refractivity contribution in [2.75, 3.05) is 9.80 Å². The van der Waals surface area contributed by atoms with Crippen molar-refractivity contribution in [3.63, 3.8) is 0 Å². The van der Waals surface area contributed by atoms with Crippen LogP contribution in [0, 0.1) is 0 Å². The summed E-state index contributed by atoms with van der Waals surface area (Å²) in [6, 6.07) is 120. The summed E-state index contributed by atoms with van der Waals surface area (Å²) in [5.41, 5.74) is 19.2. The molecular weight excluding hydrogens is 1130 g/mol. The van der Waals surface area contributed by atoms with Crippen LogP contribution in [0.3, 0.4) is 0 Å². The highest BCUT2D eigenvalue weighted by Gasteiger charge is 2.22. The van der Waals surface area contributed by atoms with Gasteiger partial charge < -0.3 is 18.8 Å². The zero-order chi connectivity index (χ0) is 59.5. The van der Waals surface area contributed by atoms with Gasteiger partial charge in [0, 0.05) is 96.3 Å². The van der Waals surface area contributed by atoms with Gasteiger partial charge in [-0.15, -0.1) is 22.7 Å². The van der Waals surface area contributed by atoms with E-state index in [-0.39, 0.29) is 0 Å². The summed E-state index contributed by atoms with van der Waals surface area (Å²) >= 11 is 3.78. The number of anilines is 6. The molecule has 424 valence electrons. The Balaban J connectivity index is 0.000000144. The molecule has 0 spiro atoms. The Labute approximate surface area is 528 Å². The minimum atomic E-state index is 0.900. The number of fused-ring (bicyclic) bond motifs is 13. The molecule has 4 nitrogen and oxygen atoms in total. The summed E-state index contributed by atoms with van der Waals surface area (Å²) in [7, 11) is 0. The quantitative estimate of drug-likeness (QED) is 0.136. The second kappa shape index (κ2) is 22.5. The van der Waals surface area contributed by atoms with Crippen molar-refractivity contribution < 1.29 is 4.42 Å². The third-order valence-electron chi connectivity index (χ3n) is 17.5. The van der Waals surface area contributed by atoms with Crippen LogP contribution in [0.15, 0.2) is 338 Å². The molecule has 18 rings (SSSR count).